The lowest BCUT2D eigenvalue weighted by atomic mass is 10.1. The van der Waals surface area contributed by atoms with E-state index in [9.17, 15) is 18.0 Å². The van der Waals surface area contributed by atoms with Gasteiger partial charge >= 0.3 is 0 Å². The largest absolute Gasteiger partial charge is 0.493 e. The zero-order chi connectivity index (χ0) is 22.6. The Labute approximate surface area is 181 Å². The fourth-order valence-corrected chi connectivity index (χ4v) is 4.78. The maximum atomic E-state index is 13.0. The number of hydrogen-bond acceptors (Lipinski definition) is 6. The Morgan fingerprint density at radius 3 is 2.06 bits per heavy atom. The number of methoxy groups -OCH3 is 2. The summed E-state index contributed by atoms with van der Waals surface area (Å²) in [5, 5.41) is 2.65. The lowest BCUT2D eigenvalue weighted by Crippen LogP contribution is -2.50. The van der Waals surface area contributed by atoms with E-state index >= 15 is 0 Å². The van der Waals surface area contributed by atoms with Crippen molar-refractivity contribution in [3.63, 3.8) is 0 Å². The van der Waals surface area contributed by atoms with Crippen LogP contribution in [0.25, 0.3) is 0 Å². The Hall–Kier alpha value is -3.11. The molecule has 31 heavy (non-hydrogen) atoms. The molecule has 0 bridgehead atoms. The van der Waals surface area contributed by atoms with Crippen molar-refractivity contribution < 1.29 is 27.5 Å². The third kappa shape index (κ3) is 4.97. The lowest BCUT2D eigenvalue weighted by Gasteiger charge is -2.34. The molecule has 2 aromatic carbocycles. The second-order valence-electron chi connectivity index (χ2n) is 6.97. The number of piperazine rings is 1. The molecule has 1 heterocycles. The first-order chi connectivity index (χ1) is 14.8. The number of ether oxygens (including phenoxy) is 2. The van der Waals surface area contributed by atoms with Crippen LogP contribution in [0.3, 0.4) is 0 Å². The highest BCUT2D eigenvalue weighted by Crippen LogP contribution is 2.31. The zero-order valence-electron chi connectivity index (χ0n) is 17.6. The minimum atomic E-state index is -3.73. The molecule has 0 aliphatic carbocycles. The number of amides is 2. The van der Waals surface area contributed by atoms with Crippen LogP contribution < -0.4 is 14.8 Å². The molecular weight excluding hydrogens is 422 g/mol. The number of rotatable bonds is 6. The summed E-state index contributed by atoms with van der Waals surface area (Å²) in [5.74, 6) is 0.407. The normalized spacial score (nSPS) is 14.7. The van der Waals surface area contributed by atoms with Crippen LogP contribution in [0, 0.1) is 0 Å². The molecule has 0 saturated carbocycles. The second kappa shape index (κ2) is 9.36. The van der Waals surface area contributed by atoms with Gasteiger partial charge in [0.15, 0.2) is 11.5 Å². The van der Waals surface area contributed by atoms with Gasteiger partial charge in [-0.2, -0.15) is 4.31 Å². The highest BCUT2D eigenvalue weighted by Gasteiger charge is 2.31. The average molecular weight is 448 g/mol. The Balaban J connectivity index is 1.67. The Kier molecular flexibility index (Phi) is 6.81. The first-order valence-electron chi connectivity index (χ1n) is 9.65. The quantitative estimate of drug-likeness (QED) is 0.724. The number of anilines is 1. The molecule has 1 N–H and O–H groups in total. The first kappa shape index (κ1) is 22.6. The highest BCUT2D eigenvalue weighted by molar-refractivity contribution is 7.89. The van der Waals surface area contributed by atoms with Crippen LogP contribution in [-0.2, 0) is 14.8 Å². The van der Waals surface area contributed by atoms with Gasteiger partial charge in [-0.05, 0) is 36.4 Å². The number of nitrogens with one attached hydrogen (secondary N) is 1. The molecule has 0 unspecified atom stereocenters. The van der Waals surface area contributed by atoms with E-state index in [2.05, 4.69) is 5.32 Å². The van der Waals surface area contributed by atoms with E-state index in [-0.39, 0.29) is 42.9 Å². The van der Waals surface area contributed by atoms with Gasteiger partial charge in [0.05, 0.1) is 19.1 Å². The van der Waals surface area contributed by atoms with E-state index in [0.29, 0.717) is 22.7 Å². The summed E-state index contributed by atoms with van der Waals surface area (Å²) in [7, 11) is -0.803. The minimum Gasteiger partial charge on any atom is -0.493 e. The molecule has 1 aliphatic rings. The molecule has 1 fully saturated rings. The van der Waals surface area contributed by atoms with E-state index in [4.69, 9.17) is 9.47 Å². The molecule has 10 heteroatoms. The molecule has 9 nitrogen and oxygen atoms in total. The van der Waals surface area contributed by atoms with Gasteiger partial charge in [-0.25, -0.2) is 8.42 Å². The van der Waals surface area contributed by atoms with Crippen molar-refractivity contribution in [3.8, 4) is 11.5 Å². The minimum absolute atomic E-state index is 0.110. The van der Waals surface area contributed by atoms with Gasteiger partial charge < -0.3 is 19.7 Å². The maximum Gasteiger partial charge on any atom is 0.253 e. The van der Waals surface area contributed by atoms with Gasteiger partial charge in [0.25, 0.3) is 5.91 Å². The maximum absolute atomic E-state index is 13.0. The van der Waals surface area contributed by atoms with Gasteiger partial charge in [-0.3, -0.25) is 9.59 Å². The van der Waals surface area contributed by atoms with Crippen molar-refractivity contribution >= 4 is 27.5 Å². The molecule has 2 amide bonds. The molecule has 166 valence electrons. The number of sulfonamides is 1. The van der Waals surface area contributed by atoms with E-state index < -0.39 is 10.0 Å². The molecular formula is C21H25N3O6S. The fourth-order valence-electron chi connectivity index (χ4n) is 3.34. The number of nitrogens with zero attached hydrogens (tertiary/aromatic N) is 2. The summed E-state index contributed by atoms with van der Waals surface area (Å²) < 4.78 is 37.8. The summed E-state index contributed by atoms with van der Waals surface area (Å²) in [6.07, 6.45) is 0. The SMILES string of the molecule is COc1ccc(S(=O)(=O)N2CCN(C(=O)c3ccc(NC(C)=O)cc3)CC2)cc1OC. The predicted molar refractivity (Wildman–Crippen MR) is 115 cm³/mol. The van der Waals surface area contributed by atoms with Crippen LogP contribution in [-0.4, -0.2) is 69.8 Å². The summed E-state index contributed by atoms with van der Waals surface area (Å²) in [6, 6.07) is 11.1. The van der Waals surface area contributed by atoms with Gasteiger partial charge in [0.1, 0.15) is 0 Å². The Bertz CT molecular complexity index is 1060. The number of hydrogen-bond donors (Lipinski definition) is 1. The van der Waals surface area contributed by atoms with Crippen LogP contribution in [0.2, 0.25) is 0 Å². The van der Waals surface area contributed by atoms with Crippen molar-refractivity contribution in [2.24, 2.45) is 0 Å². The molecule has 1 aliphatic heterocycles. The van der Waals surface area contributed by atoms with Crippen LogP contribution in [0.4, 0.5) is 5.69 Å². The molecule has 1 saturated heterocycles. The molecule has 0 spiro atoms. The van der Waals surface area contributed by atoms with E-state index in [0.717, 1.165) is 0 Å². The van der Waals surface area contributed by atoms with Gasteiger partial charge in [-0.1, -0.05) is 0 Å². The van der Waals surface area contributed by atoms with Crippen molar-refractivity contribution in [1.82, 2.24) is 9.21 Å². The standard InChI is InChI=1S/C21H25N3O6S/c1-15(25)22-17-6-4-16(5-7-17)21(26)23-10-12-24(13-11-23)31(27,28)18-8-9-19(29-2)20(14-18)30-3/h4-9,14H,10-13H2,1-3H3,(H,22,25). The third-order valence-corrected chi connectivity index (χ3v) is 6.87. The first-order valence-corrected chi connectivity index (χ1v) is 11.1. The third-order valence-electron chi connectivity index (χ3n) is 4.97. The lowest BCUT2D eigenvalue weighted by molar-refractivity contribution is -0.114. The summed E-state index contributed by atoms with van der Waals surface area (Å²) >= 11 is 0. The Morgan fingerprint density at radius 1 is 0.903 bits per heavy atom. The fraction of sp³-hybridized carbons (Fsp3) is 0.333. The van der Waals surface area contributed by atoms with Crippen LogP contribution in [0.15, 0.2) is 47.4 Å². The van der Waals surface area contributed by atoms with Crippen molar-refractivity contribution in [2.45, 2.75) is 11.8 Å². The van der Waals surface area contributed by atoms with Crippen molar-refractivity contribution in [1.29, 1.82) is 0 Å². The van der Waals surface area contributed by atoms with Gasteiger partial charge in [0.2, 0.25) is 15.9 Å². The molecule has 3 rings (SSSR count). The smallest absolute Gasteiger partial charge is 0.253 e. The van der Waals surface area contributed by atoms with Crippen molar-refractivity contribution in [2.75, 3.05) is 45.7 Å². The van der Waals surface area contributed by atoms with E-state index in [1.54, 1.807) is 35.2 Å². The predicted octanol–water partition coefficient (Wildman–Crippen LogP) is 1.81. The molecule has 0 atom stereocenters. The summed E-state index contributed by atoms with van der Waals surface area (Å²) in [6.45, 7) is 2.34. The molecule has 0 aromatic heterocycles. The van der Waals surface area contributed by atoms with E-state index in [1.807, 2.05) is 0 Å². The van der Waals surface area contributed by atoms with Gasteiger partial charge in [-0.15, -0.1) is 0 Å². The van der Waals surface area contributed by atoms with Crippen molar-refractivity contribution in [3.05, 3.63) is 48.0 Å². The second-order valence-corrected chi connectivity index (χ2v) is 8.91. The highest BCUT2D eigenvalue weighted by atomic mass is 32.2. The zero-order valence-corrected chi connectivity index (χ0v) is 18.4. The van der Waals surface area contributed by atoms with Gasteiger partial charge in [0, 0.05) is 50.4 Å². The van der Waals surface area contributed by atoms with Crippen LogP contribution >= 0.6 is 0 Å². The number of carbonyl (C=O) groups excluding carboxylic acids is 2. The topological polar surface area (TPSA) is 105 Å². The van der Waals surface area contributed by atoms with Crippen LogP contribution in [0.1, 0.15) is 17.3 Å². The van der Waals surface area contributed by atoms with E-state index in [1.165, 1.54) is 37.6 Å². The molecule has 2 aromatic rings. The summed E-state index contributed by atoms with van der Waals surface area (Å²) in [5.41, 5.74) is 1.08. The Morgan fingerprint density at radius 2 is 1.52 bits per heavy atom. The molecule has 0 radical (unpaired) electrons. The number of carbonyl (C=O) groups is 2. The van der Waals surface area contributed by atoms with Crippen LogP contribution in [0.5, 0.6) is 11.5 Å². The average Bonchev–Trinajstić information content (AvgIpc) is 2.78. The number of benzene rings is 2. The monoisotopic (exact) mass is 447 g/mol. The summed E-state index contributed by atoms with van der Waals surface area (Å²) in [4.78, 5) is 25.6.